The standard InChI is InChI=1S/C27H24N4O/c1-17-12-14-20-21-15-13-18(2)29-26(21)32-24(20)23(17)31-22-11-8-16-28-25(22)30(27(31,3)4)19-9-6-5-7-10-19/h5-16H,1-4H3. The Kier molecular flexibility index (Phi) is 3.87. The maximum absolute atomic E-state index is 6.42. The largest absolute Gasteiger partial charge is 0.435 e. The molecular formula is C27H24N4O. The topological polar surface area (TPSA) is 45.4 Å². The van der Waals surface area contributed by atoms with Crippen molar-refractivity contribution in [1.82, 2.24) is 9.97 Å². The first-order valence-corrected chi connectivity index (χ1v) is 10.9. The van der Waals surface area contributed by atoms with E-state index in [-0.39, 0.29) is 0 Å². The predicted octanol–water partition coefficient (Wildman–Crippen LogP) is 7.02. The fourth-order valence-corrected chi connectivity index (χ4v) is 4.97. The fraction of sp³-hybridized carbons (Fsp3) is 0.185. The summed E-state index contributed by atoms with van der Waals surface area (Å²) in [4.78, 5) is 14.1. The third-order valence-corrected chi connectivity index (χ3v) is 6.37. The molecule has 0 N–H and O–H groups in total. The van der Waals surface area contributed by atoms with E-state index in [2.05, 4.69) is 84.1 Å². The van der Waals surface area contributed by atoms with Crippen LogP contribution < -0.4 is 9.80 Å². The van der Waals surface area contributed by atoms with Gasteiger partial charge in [0.25, 0.3) is 0 Å². The molecule has 0 unspecified atom stereocenters. The molecule has 1 aliphatic heterocycles. The Morgan fingerprint density at radius 3 is 2.41 bits per heavy atom. The number of hydrogen-bond donors (Lipinski definition) is 0. The SMILES string of the molecule is Cc1ccc2c(n1)oc1c(N3c4cccnc4N(c4ccccc4)C3(C)C)c(C)ccc12. The van der Waals surface area contributed by atoms with Gasteiger partial charge in [-0.05, 0) is 69.7 Å². The summed E-state index contributed by atoms with van der Waals surface area (Å²) in [6, 6.07) is 23.0. The van der Waals surface area contributed by atoms with E-state index in [1.807, 2.05) is 31.3 Å². The Balaban J connectivity index is 1.66. The van der Waals surface area contributed by atoms with Crippen LogP contribution in [0.1, 0.15) is 25.1 Å². The van der Waals surface area contributed by atoms with Crippen LogP contribution in [0.4, 0.5) is 22.9 Å². The smallest absolute Gasteiger partial charge is 0.227 e. The highest BCUT2D eigenvalue weighted by Gasteiger charge is 2.46. The van der Waals surface area contributed by atoms with Gasteiger partial charge in [0.15, 0.2) is 11.4 Å². The first-order valence-electron chi connectivity index (χ1n) is 10.9. The molecule has 5 nitrogen and oxygen atoms in total. The van der Waals surface area contributed by atoms with Crippen LogP contribution in [0, 0.1) is 13.8 Å². The molecule has 0 fully saturated rings. The molecule has 6 rings (SSSR count). The van der Waals surface area contributed by atoms with Crippen molar-refractivity contribution in [2.24, 2.45) is 0 Å². The lowest BCUT2D eigenvalue weighted by Crippen LogP contribution is -2.48. The zero-order chi connectivity index (χ0) is 22.0. The lowest BCUT2D eigenvalue weighted by molar-refractivity contribution is 0.535. The summed E-state index contributed by atoms with van der Waals surface area (Å²) in [5.41, 5.74) is 6.42. The maximum atomic E-state index is 6.42. The van der Waals surface area contributed by atoms with E-state index in [0.29, 0.717) is 5.71 Å². The third-order valence-electron chi connectivity index (χ3n) is 6.37. The van der Waals surface area contributed by atoms with Gasteiger partial charge in [-0.25, -0.2) is 9.97 Å². The second-order valence-electron chi connectivity index (χ2n) is 8.86. The number of benzene rings is 2. The molecule has 0 atom stereocenters. The molecule has 32 heavy (non-hydrogen) atoms. The maximum Gasteiger partial charge on any atom is 0.227 e. The second kappa shape index (κ2) is 6.57. The molecule has 0 amide bonds. The van der Waals surface area contributed by atoms with E-state index in [1.165, 1.54) is 0 Å². The molecule has 0 spiro atoms. The molecule has 5 heteroatoms. The number of fused-ring (bicyclic) bond motifs is 4. The Labute approximate surface area is 186 Å². The molecule has 3 aromatic heterocycles. The predicted molar refractivity (Wildman–Crippen MR) is 130 cm³/mol. The Hall–Kier alpha value is -3.86. The number of furan rings is 1. The highest BCUT2D eigenvalue weighted by molar-refractivity contribution is 6.10. The number of rotatable bonds is 2. The fourth-order valence-electron chi connectivity index (χ4n) is 4.97. The first-order chi connectivity index (χ1) is 15.5. The van der Waals surface area contributed by atoms with Crippen LogP contribution >= 0.6 is 0 Å². The number of nitrogens with zero attached hydrogens (tertiary/aromatic N) is 4. The average Bonchev–Trinajstić information content (AvgIpc) is 3.25. The lowest BCUT2D eigenvalue weighted by Gasteiger charge is -2.40. The summed E-state index contributed by atoms with van der Waals surface area (Å²) in [7, 11) is 0. The minimum absolute atomic E-state index is 0.417. The van der Waals surface area contributed by atoms with Crippen LogP contribution in [0.25, 0.3) is 22.1 Å². The zero-order valence-electron chi connectivity index (χ0n) is 18.6. The third kappa shape index (κ3) is 2.51. The second-order valence-corrected chi connectivity index (χ2v) is 8.86. The van der Waals surface area contributed by atoms with Crippen LogP contribution in [0.15, 0.2) is 77.3 Å². The van der Waals surface area contributed by atoms with Gasteiger partial charge < -0.3 is 14.2 Å². The molecule has 4 heterocycles. The monoisotopic (exact) mass is 420 g/mol. The highest BCUT2D eigenvalue weighted by atomic mass is 16.3. The van der Waals surface area contributed by atoms with Gasteiger partial charge in [0.1, 0.15) is 5.66 Å². The number of para-hydroxylation sites is 1. The van der Waals surface area contributed by atoms with Gasteiger partial charge in [-0.3, -0.25) is 0 Å². The van der Waals surface area contributed by atoms with Crippen molar-refractivity contribution in [1.29, 1.82) is 0 Å². The summed E-state index contributed by atoms with van der Waals surface area (Å²) in [5.74, 6) is 0.935. The van der Waals surface area contributed by atoms with E-state index in [4.69, 9.17) is 9.40 Å². The van der Waals surface area contributed by atoms with Crippen LogP contribution in [0.2, 0.25) is 0 Å². The minimum atomic E-state index is -0.417. The molecule has 0 saturated heterocycles. The Morgan fingerprint density at radius 1 is 0.812 bits per heavy atom. The van der Waals surface area contributed by atoms with E-state index in [0.717, 1.165) is 50.5 Å². The summed E-state index contributed by atoms with van der Waals surface area (Å²) < 4.78 is 6.42. The van der Waals surface area contributed by atoms with Gasteiger partial charge in [0.05, 0.1) is 11.4 Å². The Bertz CT molecular complexity index is 1490. The Morgan fingerprint density at radius 2 is 1.59 bits per heavy atom. The van der Waals surface area contributed by atoms with Crippen molar-refractivity contribution in [2.75, 3.05) is 9.80 Å². The summed E-state index contributed by atoms with van der Waals surface area (Å²) in [6.07, 6.45) is 1.86. The normalized spacial score (nSPS) is 15.0. The number of pyridine rings is 2. The lowest BCUT2D eigenvalue weighted by atomic mass is 10.0. The van der Waals surface area contributed by atoms with Crippen LogP contribution in [-0.2, 0) is 0 Å². The molecular weight excluding hydrogens is 396 g/mol. The van der Waals surface area contributed by atoms with E-state index < -0.39 is 5.66 Å². The van der Waals surface area contributed by atoms with Gasteiger partial charge in [0.2, 0.25) is 5.71 Å². The van der Waals surface area contributed by atoms with Crippen molar-refractivity contribution in [2.45, 2.75) is 33.4 Å². The summed E-state index contributed by atoms with van der Waals surface area (Å²) >= 11 is 0. The molecule has 0 saturated carbocycles. The van der Waals surface area contributed by atoms with Gasteiger partial charge >= 0.3 is 0 Å². The number of aryl methyl sites for hydroxylation is 2. The first kappa shape index (κ1) is 18.9. The van der Waals surface area contributed by atoms with Crippen molar-refractivity contribution < 1.29 is 4.42 Å². The summed E-state index contributed by atoms with van der Waals surface area (Å²) in [5, 5.41) is 2.11. The number of aromatic nitrogens is 2. The van der Waals surface area contributed by atoms with Crippen molar-refractivity contribution in [3.8, 4) is 0 Å². The molecule has 1 aliphatic rings. The molecule has 158 valence electrons. The molecule has 0 aliphatic carbocycles. The molecule has 0 bridgehead atoms. The number of anilines is 4. The zero-order valence-corrected chi connectivity index (χ0v) is 18.6. The van der Waals surface area contributed by atoms with Crippen molar-refractivity contribution in [3.05, 3.63) is 84.2 Å². The highest BCUT2D eigenvalue weighted by Crippen LogP contribution is 2.53. The van der Waals surface area contributed by atoms with Crippen LogP contribution in [0.3, 0.4) is 0 Å². The van der Waals surface area contributed by atoms with E-state index in [1.54, 1.807) is 0 Å². The van der Waals surface area contributed by atoms with Crippen LogP contribution in [0.5, 0.6) is 0 Å². The van der Waals surface area contributed by atoms with E-state index in [9.17, 15) is 0 Å². The van der Waals surface area contributed by atoms with E-state index >= 15 is 0 Å². The van der Waals surface area contributed by atoms with Crippen LogP contribution in [-0.4, -0.2) is 15.6 Å². The van der Waals surface area contributed by atoms with Gasteiger partial charge in [-0.15, -0.1) is 0 Å². The average molecular weight is 421 g/mol. The molecule has 0 radical (unpaired) electrons. The van der Waals surface area contributed by atoms with Gasteiger partial charge in [0, 0.05) is 28.4 Å². The van der Waals surface area contributed by atoms with Crippen molar-refractivity contribution in [3.63, 3.8) is 0 Å². The number of hydrogen-bond acceptors (Lipinski definition) is 5. The minimum Gasteiger partial charge on any atom is -0.435 e. The molecule has 5 aromatic rings. The molecule has 2 aromatic carbocycles. The van der Waals surface area contributed by atoms with Crippen molar-refractivity contribution >= 4 is 44.9 Å². The van der Waals surface area contributed by atoms with Gasteiger partial charge in [-0.2, -0.15) is 0 Å². The summed E-state index contributed by atoms with van der Waals surface area (Å²) in [6.45, 7) is 8.58. The quantitative estimate of drug-likeness (QED) is 0.307. The van der Waals surface area contributed by atoms with Gasteiger partial charge in [-0.1, -0.05) is 30.3 Å².